The van der Waals surface area contributed by atoms with Gasteiger partial charge in [-0.15, -0.1) is 0 Å². The van der Waals surface area contributed by atoms with Crippen molar-refractivity contribution in [2.24, 2.45) is 32.2 Å². The normalized spacial score (nSPS) is 18.3. The summed E-state index contributed by atoms with van der Waals surface area (Å²) in [6.07, 6.45) is 8.96. The lowest BCUT2D eigenvalue weighted by molar-refractivity contribution is 0.0980. The van der Waals surface area contributed by atoms with E-state index in [-0.39, 0.29) is 86.3 Å². The lowest BCUT2D eigenvalue weighted by atomic mass is 9.88. The maximum atomic E-state index is 14.7. The Bertz CT molecular complexity index is 3910. The van der Waals surface area contributed by atoms with Gasteiger partial charge in [0.05, 0.1) is 49.8 Å². The highest BCUT2D eigenvalue weighted by Gasteiger charge is 2.38. The summed E-state index contributed by atoms with van der Waals surface area (Å²) >= 11 is 35.7. The Hall–Kier alpha value is -8.31. The van der Waals surface area contributed by atoms with E-state index in [9.17, 15) is 27.6 Å². The first kappa shape index (κ1) is 61.8. The number of carbonyl (C=O) groups excluding carboxylic acids is 3. The molecule has 0 saturated heterocycles. The number of carbonyl (C=O) groups is 3. The predicted octanol–water partition coefficient (Wildman–Crippen LogP) is 11.4. The molecule has 0 fully saturated rings. The number of nitrogens with zero attached hydrogens (tertiary/aromatic N) is 12. The molecule has 3 aromatic carbocycles. The van der Waals surface area contributed by atoms with Gasteiger partial charge >= 0.3 is 0 Å². The van der Waals surface area contributed by atoms with Gasteiger partial charge in [0.15, 0.2) is 17.3 Å². The second-order valence-corrected chi connectivity index (χ2v) is 23.7. The number of nitrogens with two attached hydrogens (primary N) is 3. The van der Waals surface area contributed by atoms with Crippen LogP contribution in [0.2, 0.25) is 30.1 Å². The first-order chi connectivity index (χ1) is 41.3. The Morgan fingerprint density at radius 2 is 0.701 bits per heavy atom. The van der Waals surface area contributed by atoms with Gasteiger partial charge in [-0.1, -0.05) is 87.8 Å². The number of amidine groups is 3. The lowest BCUT2D eigenvalue weighted by Crippen LogP contribution is -2.38. The number of aromatic nitrogens is 9. The molecule has 6 aromatic heterocycles. The van der Waals surface area contributed by atoms with Crippen LogP contribution < -0.4 is 17.2 Å². The van der Waals surface area contributed by atoms with Crippen molar-refractivity contribution in [1.29, 1.82) is 0 Å². The SMILES string of the molecule is CC1(c2cc(CC(=O)c3ncc(Cl)cc3Cl)ccc2F)Cn2nccc2C(N)=N1.CC1(c2cc(CC(=O)c3ncc(Cl)cc3Cl)ccc2F)Cn2nccc2C(N)=N1.CC1(c2cc(CC(=O)c3ncc(Cl)cc3Cl)ccc2F)Cn2nccc2C(N)=N1. The fourth-order valence-corrected chi connectivity index (χ4v) is 11.8. The van der Waals surface area contributed by atoms with Gasteiger partial charge in [-0.05, 0) is 110 Å². The molecule has 3 aliphatic rings. The van der Waals surface area contributed by atoms with Crippen LogP contribution in [0.15, 0.2) is 143 Å². The fraction of sp³-hybridized carbons (Fsp3) is 0.200. The minimum Gasteiger partial charge on any atom is -0.382 e. The van der Waals surface area contributed by atoms with Crippen LogP contribution in [0.25, 0.3) is 0 Å². The highest BCUT2D eigenvalue weighted by molar-refractivity contribution is 6.37. The number of aliphatic imine (C=N–C) groups is 3. The molecule has 3 aliphatic heterocycles. The zero-order valence-corrected chi connectivity index (χ0v) is 50.6. The molecular formula is C60H48Cl6F3N15O3. The quantitative estimate of drug-likeness (QED) is 0.0965. The summed E-state index contributed by atoms with van der Waals surface area (Å²) in [5.41, 5.74) is 20.6. The van der Waals surface area contributed by atoms with Crippen molar-refractivity contribution < 1.29 is 27.6 Å². The number of pyridine rings is 3. The van der Waals surface area contributed by atoms with E-state index >= 15 is 0 Å². The fourth-order valence-electron chi connectivity index (χ4n) is 10.4. The third-order valence-electron chi connectivity index (χ3n) is 14.6. The summed E-state index contributed by atoms with van der Waals surface area (Å²) in [7, 11) is 0. The van der Waals surface area contributed by atoms with Crippen molar-refractivity contribution >= 4 is 104 Å². The first-order valence-corrected chi connectivity index (χ1v) is 28.6. The minimum atomic E-state index is -0.956. The van der Waals surface area contributed by atoms with Crippen molar-refractivity contribution in [3.8, 4) is 0 Å². The zero-order valence-electron chi connectivity index (χ0n) is 46.1. The number of hydrogen-bond acceptors (Lipinski definition) is 15. The molecule has 0 radical (unpaired) electrons. The second kappa shape index (κ2) is 24.8. The molecule has 6 N–H and O–H groups in total. The van der Waals surface area contributed by atoms with E-state index in [1.54, 1.807) is 108 Å². The van der Waals surface area contributed by atoms with E-state index in [4.69, 9.17) is 86.8 Å². The van der Waals surface area contributed by atoms with Gasteiger partial charge < -0.3 is 17.2 Å². The van der Waals surface area contributed by atoms with Crippen LogP contribution in [0.4, 0.5) is 13.2 Å². The number of ketones is 3. The molecular weight excluding hydrogens is 1250 g/mol. The van der Waals surface area contributed by atoms with E-state index in [1.807, 2.05) is 0 Å². The average molecular weight is 1300 g/mol. The van der Waals surface area contributed by atoms with Gasteiger partial charge in [-0.25, -0.2) is 28.1 Å². The third-order valence-corrected chi connectivity index (χ3v) is 16.0. The van der Waals surface area contributed by atoms with Crippen molar-refractivity contribution in [2.45, 2.75) is 76.3 Å². The molecule has 12 rings (SSSR count). The van der Waals surface area contributed by atoms with Crippen LogP contribution in [0, 0.1) is 17.5 Å². The molecule has 18 nitrogen and oxygen atoms in total. The Morgan fingerprint density at radius 1 is 0.437 bits per heavy atom. The number of halogens is 9. The number of rotatable bonds is 12. The first-order valence-electron chi connectivity index (χ1n) is 26.3. The standard InChI is InChI=1S/3C20H16Cl2FN5O/c3*1-20(10-28-16(4-5-26-28)19(24)27-20)13-6-11(2-3-15(13)23)7-17(29)18-14(22)8-12(21)9-25-18/h3*2-6,8-9H,7,10H2,1H3,(H2,24,27). The number of hydrogen-bond donors (Lipinski definition) is 3. The van der Waals surface area contributed by atoms with Gasteiger partial charge in [-0.2, -0.15) is 15.3 Å². The highest BCUT2D eigenvalue weighted by Crippen LogP contribution is 2.37. The summed E-state index contributed by atoms with van der Waals surface area (Å²) in [6.45, 7) is 6.34. The lowest BCUT2D eigenvalue weighted by Gasteiger charge is -2.31. The molecule has 9 aromatic rings. The molecule has 0 amide bonds. The topological polar surface area (TPSA) is 258 Å². The Balaban J connectivity index is 0.000000144. The van der Waals surface area contributed by atoms with Gasteiger partial charge in [0.25, 0.3) is 0 Å². The molecule has 9 heterocycles. The third kappa shape index (κ3) is 13.2. The molecule has 444 valence electrons. The van der Waals surface area contributed by atoms with Gasteiger partial charge in [0, 0.05) is 73.1 Å². The maximum Gasteiger partial charge on any atom is 0.187 e. The molecule has 87 heavy (non-hydrogen) atoms. The summed E-state index contributed by atoms with van der Waals surface area (Å²) in [4.78, 5) is 63.5. The maximum absolute atomic E-state index is 14.7. The summed E-state index contributed by atoms with van der Waals surface area (Å²) < 4.78 is 49.2. The Morgan fingerprint density at radius 3 is 0.954 bits per heavy atom. The van der Waals surface area contributed by atoms with Crippen LogP contribution in [0.5, 0.6) is 0 Å². The smallest absolute Gasteiger partial charge is 0.187 e. The molecule has 0 aliphatic carbocycles. The van der Waals surface area contributed by atoms with Crippen molar-refractivity contribution in [1.82, 2.24) is 44.3 Å². The van der Waals surface area contributed by atoms with E-state index < -0.39 is 34.1 Å². The molecule has 0 bridgehead atoms. The summed E-state index contributed by atoms with van der Waals surface area (Å²) in [5, 5.41) is 14.2. The van der Waals surface area contributed by atoms with Crippen LogP contribution in [0.1, 0.15) is 103 Å². The highest BCUT2D eigenvalue weighted by atomic mass is 35.5. The average Bonchev–Trinajstić information content (AvgIpc) is 1.93. The number of Topliss-reactive ketones (excluding diaryl/α,β-unsaturated/α-hetero) is 3. The predicted molar refractivity (Wildman–Crippen MR) is 327 cm³/mol. The van der Waals surface area contributed by atoms with E-state index in [0.29, 0.717) is 85.2 Å². The van der Waals surface area contributed by atoms with Crippen molar-refractivity contribution in [3.05, 3.63) is 243 Å². The monoisotopic (exact) mass is 1290 g/mol. The molecule has 0 spiro atoms. The summed E-state index contributed by atoms with van der Waals surface area (Å²) in [5.74, 6) is -1.32. The largest absolute Gasteiger partial charge is 0.382 e. The number of fused-ring (bicyclic) bond motifs is 3. The Labute approximate surface area is 524 Å². The van der Waals surface area contributed by atoms with Gasteiger partial charge in [0.2, 0.25) is 0 Å². The van der Waals surface area contributed by atoms with Crippen LogP contribution in [-0.4, -0.2) is 79.1 Å². The number of benzene rings is 3. The van der Waals surface area contributed by atoms with Crippen LogP contribution in [0.3, 0.4) is 0 Å². The second-order valence-electron chi connectivity index (χ2n) is 21.1. The Kier molecular flexibility index (Phi) is 17.6. The molecule has 0 saturated carbocycles. The molecule has 3 unspecified atom stereocenters. The van der Waals surface area contributed by atoms with Crippen molar-refractivity contribution in [2.75, 3.05) is 0 Å². The summed E-state index contributed by atoms with van der Waals surface area (Å²) in [6, 6.07) is 23.2. The van der Waals surface area contributed by atoms with Gasteiger partial charge in [0.1, 0.15) is 85.7 Å². The van der Waals surface area contributed by atoms with E-state index in [0.717, 1.165) is 0 Å². The molecule has 3 atom stereocenters. The minimum absolute atomic E-state index is 0.00390. The van der Waals surface area contributed by atoms with Gasteiger partial charge in [-0.3, -0.25) is 43.4 Å². The molecule has 27 heteroatoms. The van der Waals surface area contributed by atoms with Crippen LogP contribution >= 0.6 is 69.6 Å². The van der Waals surface area contributed by atoms with E-state index in [1.165, 1.54) is 55.0 Å². The van der Waals surface area contributed by atoms with Crippen LogP contribution in [-0.2, 0) is 55.5 Å². The zero-order chi connectivity index (χ0) is 62.3. The van der Waals surface area contributed by atoms with Crippen molar-refractivity contribution in [3.63, 3.8) is 0 Å². The van der Waals surface area contributed by atoms with E-state index in [2.05, 4.69) is 45.2 Å².